The van der Waals surface area contributed by atoms with Crippen LogP contribution < -0.4 is 0 Å². The first-order valence-electron chi connectivity index (χ1n) is 14.9. The van der Waals surface area contributed by atoms with E-state index in [4.69, 9.17) is 27.9 Å². The Morgan fingerprint density at radius 3 is 1.28 bits per heavy atom. The number of carbonyl (C=O) groups is 5. The molecule has 0 aliphatic heterocycles. The summed E-state index contributed by atoms with van der Waals surface area (Å²) in [7, 11) is -3.50. The second-order valence-electron chi connectivity index (χ2n) is 10.5. The fourth-order valence-corrected chi connectivity index (χ4v) is 5.14. The molecule has 4 aromatic rings. The van der Waals surface area contributed by atoms with Gasteiger partial charge in [-0.25, -0.2) is 24.0 Å². The van der Waals surface area contributed by atoms with Gasteiger partial charge in [-0.05, 0) is 48.5 Å². The monoisotopic (exact) mass is 704 g/mol. The Bertz CT molecular complexity index is 1870. The summed E-state index contributed by atoms with van der Waals surface area (Å²) in [5.41, 5.74) is -0.0199. The quantitative estimate of drug-likeness (QED) is 0.0986. The summed E-state index contributed by atoms with van der Waals surface area (Å²) in [5, 5.41) is 0. The normalized spacial score (nSPS) is 13.4. The highest BCUT2D eigenvalue weighted by Crippen LogP contribution is 2.25. The van der Waals surface area contributed by atoms with Crippen molar-refractivity contribution in [1.29, 1.82) is 0 Å². The molecule has 260 valence electrons. The third kappa shape index (κ3) is 10.6. The van der Waals surface area contributed by atoms with Gasteiger partial charge in [0, 0.05) is 0 Å². The van der Waals surface area contributed by atoms with E-state index in [-0.39, 0.29) is 22.3 Å². The molecule has 13 nitrogen and oxygen atoms in total. The van der Waals surface area contributed by atoms with Gasteiger partial charge in [0.05, 0.1) is 35.6 Å². The molecule has 0 heterocycles. The Morgan fingerprint density at radius 1 is 0.540 bits per heavy atom. The average Bonchev–Trinajstić information content (AvgIpc) is 3.14. The zero-order chi connectivity index (χ0) is 36.1. The summed E-state index contributed by atoms with van der Waals surface area (Å²) in [5.74, 6) is -5.46. The van der Waals surface area contributed by atoms with Gasteiger partial charge in [-0.15, -0.1) is 0 Å². The van der Waals surface area contributed by atoms with Crippen LogP contribution in [0.4, 0.5) is 0 Å². The largest absolute Gasteiger partial charge is 0.466 e. The number of methoxy groups -OCH3 is 1. The Balaban J connectivity index is 1.86. The maximum absolute atomic E-state index is 13.6. The molecule has 0 aromatic heterocycles. The SMILES string of the molecule is COC(=O)[C@H](OC(=O)c1ccccc1)[C@@H](OC(=O)c1ccccc1)[C@H](OC(=O)c1ccccc1)[C@@H](COC(=O)c1ccccc1)OS(C)(=O)=O. The van der Waals surface area contributed by atoms with Crippen molar-refractivity contribution < 1.29 is 60.3 Å². The predicted molar refractivity (Wildman–Crippen MR) is 175 cm³/mol. The van der Waals surface area contributed by atoms with Gasteiger partial charge in [-0.3, -0.25) is 4.18 Å². The molecule has 50 heavy (non-hydrogen) atoms. The van der Waals surface area contributed by atoms with Gasteiger partial charge in [0.25, 0.3) is 10.1 Å². The molecule has 4 atom stereocenters. The van der Waals surface area contributed by atoms with Crippen LogP contribution in [0.3, 0.4) is 0 Å². The first-order chi connectivity index (χ1) is 24.0. The van der Waals surface area contributed by atoms with Crippen molar-refractivity contribution in [2.24, 2.45) is 0 Å². The van der Waals surface area contributed by atoms with Crippen LogP contribution >= 0.6 is 0 Å². The molecular formula is C36H32O13S. The third-order valence-electron chi connectivity index (χ3n) is 6.86. The Hall–Kier alpha value is -5.86. The lowest BCUT2D eigenvalue weighted by atomic mass is 10.0. The lowest BCUT2D eigenvalue weighted by Gasteiger charge is -2.34. The van der Waals surface area contributed by atoms with Crippen molar-refractivity contribution in [1.82, 2.24) is 0 Å². The van der Waals surface area contributed by atoms with Crippen molar-refractivity contribution in [3.05, 3.63) is 144 Å². The van der Waals surface area contributed by atoms with Crippen molar-refractivity contribution in [2.75, 3.05) is 20.0 Å². The standard InChI is InChI=1S/C36H32O13S/c1-44-36(41)31(48-35(40)27-21-13-6-14-22-27)30(47-34(39)26-19-11-5-12-20-26)29(46-33(38)25-17-9-4-10-18-25)28(49-50(2,42)43)23-45-32(37)24-15-7-3-8-16-24/h3-22,28-31H,23H2,1-2H3/t28-,29-,30+,31-/m1/s1. The lowest BCUT2D eigenvalue weighted by Crippen LogP contribution is -2.55. The number of rotatable bonds is 15. The van der Waals surface area contributed by atoms with Crippen molar-refractivity contribution in [3.63, 3.8) is 0 Å². The lowest BCUT2D eigenvalue weighted by molar-refractivity contribution is -0.168. The smallest absolute Gasteiger partial charge is 0.351 e. The molecule has 0 fully saturated rings. The van der Waals surface area contributed by atoms with Gasteiger partial charge in [0.15, 0.2) is 18.3 Å². The molecule has 0 amide bonds. The van der Waals surface area contributed by atoms with Crippen LogP contribution in [0, 0.1) is 0 Å². The summed E-state index contributed by atoms with van der Waals surface area (Å²) in [6, 6.07) is 29.9. The second kappa shape index (κ2) is 17.5. The van der Waals surface area contributed by atoms with Gasteiger partial charge in [-0.2, -0.15) is 8.42 Å². The number of carbonyl (C=O) groups excluding carboxylic acids is 5. The molecule has 0 aliphatic rings. The summed E-state index contributed by atoms with van der Waals surface area (Å²) < 4.78 is 57.8. The number of ether oxygens (including phenoxy) is 5. The zero-order valence-corrected chi connectivity index (χ0v) is 27.6. The van der Waals surface area contributed by atoms with Gasteiger partial charge in [0.2, 0.25) is 6.10 Å². The summed E-state index contributed by atoms with van der Waals surface area (Å²) in [6.07, 6.45) is -7.77. The van der Waals surface area contributed by atoms with Crippen LogP contribution in [0.5, 0.6) is 0 Å². The maximum atomic E-state index is 13.6. The summed E-state index contributed by atoms with van der Waals surface area (Å²) in [4.78, 5) is 66.7. The molecule has 0 aliphatic carbocycles. The second-order valence-corrected chi connectivity index (χ2v) is 12.1. The van der Waals surface area contributed by atoms with E-state index in [9.17, 15) is 32.4 Å². The number of esters is 5. The van der Waals surface area contributed by atoms with Crippen LogP contribution in [0.15, 0.2) is 121 Å². The van der Waals surface area contributed by atoms with E-state index < -0.39 is 71.0 Å². The van der Waals surface area contributed by atoms with Gasteiger partial charge in [-0.1, -0.05) is 72.8 Å². The predicted octanol–water partition coefficient (Wildman–Crippen LogP) is 4.04. The number of benzene rings is 4. The van der Waals surface area contributed by atoms with Crippen molar-refractivity contribution >= 4 is 40.0 Å². The number of hydrogen-bond acceptors (Lipinski definition) is 13. The first-order valence-corrected chi connectivity index (χ1v) is 16.7. The molecule has 0 bridgehead atoms. The summed E-state index contributed by atoms with van der Waals surface area (Å²) >= 11 is 0. The van der Waals surface area contributed by atoms with E-state index in [1.165, 1.54) is 84.9 Å². The highest BCUT2D eigenvalue weighted by Gasteiger charge is 2.49. The van der Waals surface area contributed by atoms with E-state index in [1.807, 2.05) is 0 Å². The molecule has 0 saturated carbocycles. The Kier molecular flexibility index (Phi) is 12.9. The highest BCUT2D eigenvalue weighted by atomic mass is 32.2. The van der Waals surface area contributed by atoms with Gasteiger partial charge in [0.1, 0.15) is 6.61 Å². The Morgan fingerprint density at radius 2 is 0.900 bits per heavy atom. The minimum atomic E-state index is -4.46. The van der Waals surface area contributed by atoms with Crippen molar-refractivity contribution in [3.8, 4) is 0 Å². The molecule has 4 rings (SSSR count). The maximum Gasteiger partial charge on any atom is 0.351 e. The molecule has 0 N–H and O–H groups in total. The average molecular weight is 705 g/mol. The minimum Gasteiger partial charge on any atom is -0.466 e. The van der Waals surface area contributed by atoms with Crippen molar-refractivity contribution in [2.45, 2.75) is 24.4 Å². The molecule has 14 heteroatoms. The third-order valence-corrected chi connectivity index (χ3v) is 7.45. The summed E-state index contributed by atoms with van der Waals surface area (Å²) in [6.45, 7) is -0.923. The first kappa shape index (κ1) is 37.0. The van der Waals surface area contributed by atoms with E-state index in [1.54, 1.807) is 36.4 Å². The van der Waals surface area contributed by atoms with E-state index in [0.717, 1.165) is 7.11 Å². The van der Waals surface area contributed by atoms with Crippen LogP contribution in [-0.2, 0) is 42.8 Å². The molecule has 0 saturated heterocycles. The molecule has 0 spiro atoms. The fourth-order valence-electron chi connectivity index (χ4n) is 4.53. The van der Waals surface area contributed by atoms with E-state index in [2.05, 4.69) is 0 Å². The minimum absolute atomic E-state index is 0.0203. The van der Waals surface area contributed by atoms with E-state index >= 15 is 0 Å². The van der Waals surface area contributed by atoms with Crippen LogP contribution in [0.1, 0.15) is 41.4 Å². The van der Waals surface area contributed by atoms with Crippen LogP contribution in [0.25, 0.3) is 0 Å². The molecular weight excluding hydrogens is 672 g/mol. The van der Waals surface area contributed by atoms with Gasteiger partial charge >= 0.3 is 29.8 Å². The molecule has 0 unspecified atom stereocenters. The molecule has 4 aromatic carbocycles. The molecule has 0 radical (unpaired) electrons. The zero-order valence-electron chi connectivity index (χ0n) is 26.8. The fraction of sp³-hybridized carbons (Fsp3) is 0.194. The van der Waals surface area contributed by atoms with Crippen LogP contribution in [-0.4, -0.2) is 82.7 Å². The highest BCUT2D eigenvalue weighted by molar-refractivity contribution is 7.86. The van der Waals surface area contributed by atoms with E-state index in [0.29, 0.717) is 6.26 Å². The van der Waals surface area contributed by atoms with Gasteiger partial charge < -0.3 is 23.7 Å². The van der Waals surface area contributed by atoms with Crippen LogP contribution in [0.2, 0.25) is 0 Å². The Labute approximate surface area is 287 Å². The topological polar surface area (TPSA) is 175 Å². The number of hydrogen-bond donors (Lipinski definition) is 0.